The Morgan fingerprint density at radius 3 is 2.37 bits per heavy atom. The predicted molar refractivity (Wildman–Crippen MR) is 107 cm³/mol. The standard InChI is InChI=1S/C22H20F3N3O2/c1-14-12-19(29)20(21(30)27(3)15(2)16-8-5-4-6-9-16)26-28(14)18-11-7-10-17(13-18)22(23,24)25/h4-13,15H,1-3H3. The van der Waals surface area contributed by atoms with Crippen molar-refractivity contribution in [3.05, 3.63) is 93.4 Å². The quantitative estimate of drug-likeness (QED) is 0.635. The van der Waals surface area contributed by atoms with Crippen LogP contribution in [0.1, 0.15) is 40.3 Å². The van der Waals surface area contributed by atoms with Crippen LogP contribution in [0, 0.1) is 6.92 Å². The number of rotatable bonds is 4. The molecule has 0 radical (unpaired) electrons. The number of carbonyl (C=O) groups is 1. The van der Waals surface area contributed by atoms with Crippen molar-refractivity contribution >= 4 is 5.91 Å². The zero-order chi connectivity index (χ0) is 22.1. The van der Waals surface area contributed by atoms with E-state index < -0.39 is 23.1 Å². The lowest BCUT2D eigenvalue weighted by Gasteiger charge is -2.25. The summed E-state index contributed by atoms with van der Waals surface area (Å²) in [4.78, 5) is 26.8. The lowest BCUT2D eigenvalue weighted by molar-refractivity contribution is -0.137. The first kappa shape index (κ1) is 21.3. The van der Waals surface area contributed by atoms with E-state index in [4.69, 9.17) is 0 Å². The summed E-state index contributed by atoms with van der Waals surface area (Å²) in [5.41, 5.74) is -0.498. The number of halogens is 3. The van der Waals surface area contributed by atoms with E-state index in [0.717, 1.165) is 17.7 Å². The van der Waals surface area contributed by atoms with Crippen LogP contribution in [0.2, 0.25) is 0 Å². The molecule has 0 aliphatic rings. The van der Waals surface area contributed by atoms with E-state index >= 15 is 0 Å². The highest BCUT2D eigenvalue weighted by Crippen LogP contribution is 2.30. The smallest absolute Gasteiger partial charge is 0.333 e. The van der Waals surface area contributed by atoms with Gasteiger partial charge in [-0.2, -0.15) is 18.3 Å². The third-order valence-electron chi connectivity index (χ3n) is 4.91. The molecule has 2 aromatic carbocycles. The van der Waals surface area contributed by atoms with Crippen molar-refractivity contribution in [2.75, 3.05) is 7.05 Å². The van der Waals surface area contributed by atoms with Gasteiger partial charge in [0.25, 0.3) is 5.91 Å². The monoisotopic (exact) mass is 415 g/mol. The van der Waals surface area contributed by atoms with Gasteiger partial charge in [0.1, 0.15) is 0 Å². The second-order valence-corrected chi connectivity index (χ2v) is 6.96. The highest BCUT2D eigenvalue weighted by molar-refractivity contribution is 5.92. The summed E-state index contributed by atoms with van der Waals surface area (Å²) in [6.45, 7) is 3.35. The van der Waals surface area contributed by atoms with Crippen molar-refractivity contribution in [1.82, 2.24) is 14.7 Å². The predicted octanol–water partition coefficient (Wildman–Crippen LogP) is 4.39. The molecule has 0 saturated carbocycles. The van der Waals surface area contributed by atoms with Crippen LogP contribution in [0.3, 0.4) is 0 Å². The van der Waals surface area contributed by atoms with Crippen molar-refractivity contribution in [3.63, 3.8) is 0 Å². The first-order valence-electron chi connectivity index (χ1n) is 9.20. The van der Waals surface area contributed by atoms with Gasteiger partial charge in [-0.25, -0.2) is 4.68 Å². The summed E-state index contributed by atoms with van der Waals surface area (Å²) in [6.07, 6.45) is -4.52. The topological polar surface area (TPSA) is 55.2 Å². The van der Waals surface area contributed by atoms with Crippen molar-refractivity contribution in [1.29, 1.82) is 0 Å². The van der Waals surface area contributed by atoms with Crippen LogP contribution in [0.4, 0.5) is 13.2 Å². The molecule has 0 N–H and O–H groups in total. The van der Waals surface area contributed by atoms with Crippen LogP contribution >= 0.6 is 0 Å². The van der Waals surface area contributed by atoms with Crippen molar-refractivity contribution in [3.8, 4) is 5.69 Å². The Hall–Kier alpha value is -3.42. The minimum Gasteiger partial charge on any atom is -0.333 e. The maximum Gasteiger partial charge on any atom is 0.416 e. The number of aryl methyl sites for hydroxylation is 1. The number of carbonyl (C=O) groups excluding carboxylic acids is 1. The Balaban J connectivity index is 2.01. The maximum absolute atomic E-state index is 13.1. The first-order chi connectivity index (χ1) is 14.1. The van der Waals surface area contributed by atoms with Gasteiger partial charge >= 0.3 is 6.18 Å². The van der Waals surface area contributed by atoms with E-state index in [1.54, 1.807) is 14.0 Å². The van der Waals surface area contributed by atoms with Crippen molar-refractivity contribution < 1.29 is 18.0 Å². The molecule has 1 amide bonds. The number of hydrogen-bond donors (Lipinski definition) is 0. The third kappa shape index (κ3) is 4.27. The lowest BCUT2D eigenvalue weighted by Crippen LogP contribution is -2.35. The van der Waals surface area contributed by atoms with E-state index in [-0.39, 0.29) is 17.4 Å². The summed E-state index contributed by atoms with van der Waals surface area (Å²) < 4.78 is 40.4. The van der Waals surface area contributed by atoms with E-state index in [1.165, 1.54) is 27.8 Å². The summed E-state index contributed by atoms with van der Waals surface area (Å²) in [7, 11) is 1.55. The fourth-order valence-electron chi connectivity index (χ4n) is 3.07. The highest BCUT2D eigenvalue weighted by Gasteiger charge is 2.31. The minimum atomic E-state index is -4.52. The minimum absolute atomic E-state index is 0.107. The molecule has 0 aliphatic carbocycles. The van der Waals surface area contributed by atoms with Gasteiger partial charge in [-0.15, -0.1) is 0 Å². The van der Waals surface area contributed by atoms with Gasteiger partial charge in [0.2, 0.25) is 5.43 Å². The Kier molecular flexibility index (Phi) is 5.78. The molecule has 0 spiro atoms. The molecule has 3 rings (SSSR count). The van der Waals surface area contributed by atoms with Gasteiger partial charge < -0.3 is 4.90 Å². The van der Waals surface area contributed by atoms with Crippen LogP contribution < -0.4 is 5.43 Å². The molecular weight excluding hydrogens is 395 g/mol. The van der Waals surface area contributed by atoms with Crippen LogP contribution in [0.15, 0.2) is 65.5 Å². The molecular formula is C22H20F3N3O2. The third-order valence-corrected chi connectivity index (χ3v) is 4.91. The second-order valence-electron chi connectivity index (χ2n) is 6.96. The number of nitrogens with zero attached hydrogens (tertiary/aromatic N) is 3. The van der Waals surface area contributed by atoms with Crippen molar-refractivity contribution in [2.45, 2.75) is 26.1 Å². The highest BCUT2D eigenvalue weighted by atomic mass is 19.4. The zero-order valence-electron chi connectivity index (χ0n) is 16.6. The molecule has 1 atom stereocenters. The molecule has 156 valence electrons. The average Bonchev–Trinajstić information content (AvgIpc) is 2.72. The summed E-state index contributed by atoms with van der Waals surface area (Å²) in [5, 5.41) is 4.11. The summed E-state index contributed by atoms with van der Waals surface area (Å²) >= 11 is 0. The Morgan fingerprint density at radius 2 is 1.73 bits per heavy atom. The molecule has 1 unspecified atom stereocenters. The molecule has 5 nitrogen and oxygen atoms in total. The normalized spacial score (nSPS) is 12.5. The summed E-state index contributed by atoms with van der Waals surface area (Å²) in [6, 6.07) is 14.7. The number of aromatic nitrogens is 2. The molecule has 0 bridgehead atoms. The fraction of sp³-hybridized carbons (Fsp3) is 0.227. The van der Waals surface area contributed by atoms with Gasteiger partial charge in [-0.3, -0.25) is 9.59 Å². The van der Waals surface area contributed by atoms with Gasteiger partial charge in [-0.05, 0) is 37.6 Å². The molecule has 0 saturated heterocycles. The zero-order valence-corrected chi connectivity index (χ0v) is 16.6. The largest absolute Gasteiger partial charge is 0.416 e. The Morgan fingerprint density at radius 1 is 1.07 bits per heavy atom. The average molecular weight is 415 g/mol. The van der Waals surface area contributed by atoms with Gasteiger partial charge in [-0.1, -0.05) is 36.4 Å². The van der Waals surface area contributed by atoms with Gasteiger partial charge in [0.15, 0.2) is 5.69 Å². The number of benzene rings is 2. The molecule has 0 aliphatic heterocycles. The fourth-order valence-corrected chi connectivity index (χ4v) is 3.07. The molecule has 30 heavy (non-hydrogen) atoms. The first-order valence-corrected chi connectivity index (χ1v) is 9.20. The molecule has 8 heteroatoms. The molecule has 3 aromatic rings. The van der Waals surface area contributed by atoms with E-state index in [2.05, 4.69) is 5.10 Å². The van der Waals surface area contributed by atoms with Crippen LogP contribution in [0.5, 0.6) is 0 Å². The van der Waals surface area contributed by atoms with Gasteiger partial charge in [0.05, 0.1) is 17.3 Å². The maximum atomic E-state index is 13.1. The lowest BCUT2D eigenvalue weighted by atomic mass is 10.1. The number of amides is 1. The van der Waals surface area contributed by atoms with E-state index in [9.17, 15) is 22.8 Å². The van der Waals surface area contributed by atoms with Crippen LogP contribution in [0.25, 0.3) is 5.69 Å². The van der Waals surface area contributed by atoms with E-state index in [1.807, 2.05) is 37.3 Å². The number of alkyl halides is 3. The van der Waals surface area contributed by atoms with Gasteiger partial charge in [0, 0.05) is 18.8 Å². The van der Waals surface area contributed by atoms with E-state index in [0.29, 0.717) is 5.69 Å². The molecule has 1 aromatic heterocycles. The summed E-state index contributed by atoms with van der Waals surface area (Å²) in [5.74, 6) is -0.614. The second kappa shape index (κ2) is 8.14. The Labute approximate surface area is 171 Å². The van der Waals surface area contributed by atoms with Crippen LogP contribution in [-0.4, -0.2) is 27.6 Å². The van der Waals surface area contributed by atoms with Crippen molar-refractivity contribution in [2.24, 2.45) is 0 Å². The SMILES string of the molecule is Cc1cc(=O)c(C(=O)N(C)C(C)c2ccccc2)nn1-c1cccc(C(F)(F)F)c1. The number of hydrogen-bond acceptors (Lipinski definition) is 3. The Bertz CT molecular complexity index is 1120. The molecule has 1 heterocycles. The molecule has 0 fully saturated rings. The van der Waals surface area contributed by atoms with Crippen LogP contribution in [-0.2, 0) is 6.18 Å².